The Hall–Kier alpha value is -2.33. The molecule has 0 spiro atoms. The van der Waals surface area contributed by atoms with E-state index in [-0.39, 0.29) is 6.54 Å². The Bertz CT molecular complexity index is 532. The number of benzene rings is 1. The molecular formula is C10H7FN4O. The average Bonchev–Trinajstić information content (AvgIpc) is 2.80. The third kappa shape index (κ3) is 2.02. The van der Waals surface area contributed by atoms with Crippen LogP contribution >= 0.6 is 0 Å². The molecule has 80 valence electrons. The lowest BCUT2D eigenvalue weighted by molar-refractivity contribution is 0.562. The summed E-state index contributed by atoms with van der Waals surface area (Å²) in [5.74, 6) is -0.441. The molecule has 0 amide bonds. The second kappa shape index (κ2) is 4.46. The molecule has 1 aromatic heterocycles. The van der Waals surface area contributed by atoms with Crippen molar-refractivity contribution in [2.45, 2.75) is 6.54 Å². The van der Waals surface area contributed by atoms with Crippen molar-refractivity contribution in [2.75, 3.05) is 0 Å². The summed E-state index contributed by atoms with van der Waals surface area (Å²) in [6, 6.07) is 4.53. The molecule has 0 unspecified atom stereocenters. The van der Waals surface area contributed by atoms with Gasteiger partial charge in [-0.05, 0) is 17.7 Å². The maximum atomic E-state index is 13.6. The third-order valence-corrected chi connectivity index (χ3v) is 2.00. The van der Waals surface area contributed by atoms with Crippen LogP contribution in [0.15, 0.2) is 35.8 Å². The van der Waals surface area contributed by atoms with Crippen LogP contribution in [0.3, 0.4) is 0 Å². The van der Waals surface area contributed by atoms with Crippen LogP contribution in [-0.4, -0.2) is 20.8 Å². The molecule has 0 aliphatic carbocycles. The largest absolute Gasteiger partial charge is 0.235 e. The van der Waals surface area contributed by atoms with Gasteiger partial charge in [-0.25, -0.2) is 23.8 Å². The topological polar surface area (TPSA) is 60.1 Å². The lowest BCUT2D eigenvalue weighted by atomic mass is 10.2. The first kappa shape index (κ1) is 10.2. The highest BCUT2D eigenvalue weighted by atomic mass is 19.1. The molecule has 0 aliphatic rings. The van der Waals surface area contributed by atoms with Crippen LogP contribution in [0.25, 0.3) is 5.69 Å². The summed E-state index contributed by atoms with van der Waals surface area (Å²) < 4.78 is 14.9. The second-order valence-electron chi connectivity index (χ2n) is 3.03. The molecule has 1 aromatic carbocycles. The lowest BCUT2D eigenvalue weighted by Crippen LogP contribution is -1.98. The third-order valence-electron chi connectivity index (χ3n) is 2.00. The molecule has 0 fully saturated rings. The number of hydrogen-bond donors (Lipinski definition) is 0. The standard InChI is InChI=1S/C10H7FN4O/c11-9-3-8(4-12-7-16)1-2-10(9)15-6-13-5-14-15/h1-3,5-6H,4H2. The monoisotopic (exact) mass is 218 g/mol. The van der Waals surface area contributed by atoms with Crippen molar-refractivity contribution < 1.29 is 9.18 Å². The quantitative estimate of drug-likeness (QED) is 0.575. The maximum Gasteiger partial charge on any atom is 0.235 e. The van der Waals surface area contributed by atoms with Crippen molar-refractivity contribution in [1.29, 1.82) is 0 Å². The molecule has 2 rings (SSSR count). The summed E-state index contributed by atoms with van der Waals surface area (Å²) in [5.41, 5.74) is 0.904. The minimum Gasteiger partial charge on any atom is -0.223 e. The van der Waals surface area contributed by atoms with Crippen molar-refractivity contribution in [1.82, 2.24) is 14.8 Å². The normalized spacial score (nSPS) is 9.81. The van der Waals surface area contributed by atoms with Gasteiger partial charge in [-0.15, -0.1) is 0 Å². The zero-order valence-electron chi connectivity index (χ0n) is 8.17. The molecule has 1 heterocycles. The second-order valence-corrected chi connectivity index (χ2v) is 3.03. The summed E-state index contributed by atoms with van der Waals surface area (Å²) in [5, 5.41) is 3.82. The highest BCUT2D eigenvalue weighted by Gasteiger charge is 2.05. The number of halogens is 1. The molecule has 16 heavy (non-hydrogen) atoms. The first-order valence-corrected chi connectivity index (χ1v) is 4.48. The SMILES string of the molecule is O=C=NCc1ccc(-n2cncn2)c(F)c1. The van der Waals surface area contributed by atoms with Crippen LogP contribution in [0.1, 0.15) is 5.56 Å². The van der Waals surface area contributed by atoms with E-state index in [4.69, 9.17) is 0 Å². The molecule has 0 bridgehead atoms. The minimum absolute atomic E-state index is 0.123. The van der Waals surface area contributed by atoms with Crippen LogP contribution in [0.5, 0.6) is 0 Å². The van der Waals surface area contributed by atoms with Gasteiger partial charge in [0.05, 0.1) is 6.54 Å². The highest BCUT2D eigenvalue weighted by Crippen LogP contribution is 2.14. The van der Waals surface area contributed by atoms with Gasteiger partial charge in [0.2, 0.25) is 6.08 Å². The van der Waals surface area contributed by atoms with E-state index in [1.165, 1.54) is 29.5 Å². The number of rotatable bonds is 3. The van der Waals surface area contributed by atoms with E-state index in [1.54, 1.807) is 12.1 Å². The van der Waals surface area contributed by atoms with E-state index in [0.717, 1.165) is 0 Å². The Morgan fingerprint density at radius 1 is 1.50 bits per heavy atom. The molecular weight excluding hydrogens is 211 g/mol. The fraction of sp³-hybridized carbons (Fsp3) is 0.100. The van der Waals surface area contributed by atoms with E-state index < -0.39 is 5.82 Å². The van der Waals surface area contributed by atoms with Gasteiger partial charge in [0.1, 0.15) is 24.2 Å². The molecule has 0 N–H and O–H groups in total. The first-order valence-electron chi connectivity index (χ1n) is 4.48. The molecule has 0 radical (unpaired) electrons. The van der Waals surface area contributed by atoms with Crippen LogP contribution < -0.4 is 0 Å². The van der Waals surface area contributed by atoms with Gasteiger partial charge in [-0.3, -0.25) is 0 Å². The van der Waals surface area contributed by atoms with Crippen molar-refractivity contribution in [3.63, 3.8) is 0 Å². The van der Waals surface area contributed by atoms with Crippen molar-refractivity contribution in [3.05, 3.63) is 42.2 Å². The van der Waals surface area contributed by atoms with Gasteiger partial charge < -0.3 is 0 Å². The van der Waals surface area contributed by atoms with E-state index in [9.17, 15) is 9.18 Å². The van der Waals surface area contributed by atoms with Gasteiger partial charge in [0.25, 0.3) is 0 Å². The molecule has 6 heteroatoms. The van der Waals surface area contributed by atoms with Crippen LogP contribution in [0, 0.1) is 5.82 Å². The molecule has 0 atom stereocenters. The Balaban J connectivity index is 2.33. The van der Waals surface area contributed by atoms with Gasteiger partial charge in [-0.2, -0.15) is 5.10 Å². The number of aliphatic imine (C=N–C) groups is 1. The fourth-order valence-corrected chi connectivity index (χ4v) is 1.29. The van der Waals surface area contributed by atoms with Crippen molar-refractivity contribution in [2.24, 2.45) is 4.99 Å². The molecule has 0 aliphatic heterocycles. The smallest absolute Gasteiger partial charge is 0.223 e. The van der Waals surface area contributed by atoms with Gasteiger partial charge in [0, 0.05) is 0 Å². The maximum absolute atomic E-state index is 13.6. The number of carbonyl (C=O) groups excluding carboxylic acids is 1. The van der Waals surface area contributed by atoms with E-state index >= 15 is 0 Å². The van der Waals surface area contributed by atoms with E-state index in [2.05, 4.69) is 15.1 Å². The molecule has 5 nitrogen and oxygen atoms in total. The number of nitrogens with zero attached hydrogens (tertiary/aromatic N) is 4. The summed E-state index contributed by atoms with van der Waals surface area (Å²) in [6.45, 7) is 0.123. The summed E-state index contributed by atoms with van der Waals surface area (Å²) >= 11 is 0. The van der Waals surface area contributed by atoms with Gasteiger partial charge >= 0.3 is 0 Å². The molecule has 0 saturated carbocycles. The molecule has 2 aromatic rings. The van der Waals surface area contributed by atoms with Crippen LogP contribution in [-0.2, 0) is 11.3 Å². The average molecular weight is 218 g/mol. The summed E-state index contributed by atoms with van der Waals surface area (Å²) in [7, 11) is 0. The predicted octanol–water partition coefficient (Wildman–Crippen LogP) is 1.24. The van der Waals surface area contributed by atoms with E-state index in [1.807, 2.05) is 0 Å². The Labute approximate surface area is 90.3 Å². The zero-order valence-corrected chi connectivity index (χ0v) is 8.17. The highest BCUT2D eigenvalue weighted by molar-refractivity contribution is 5.37. The number of isocyanates is 1. The minimum atomic E-state index is -0.441. The Morgan fingerprint density at radius 3 is 3.00 bits per heavy atom. The lowest BCUT2D eigenvalue weighted by Gasteiger charge is -2.03. The van der Waals surface area contributed by atoms with Crippen LogP contribution in [0.2, 0.25) is 0 Å². The number of aromatic nitrogens is 3. The summed E-state index contributed by atoms with van der Waals surface area (Å²) in [6.07, 6.45) is 4.13. The first-order chi connectivity index (χ1) is 7.81. The van der Waals surface area contributed by atoms with Crippen molar-refractivity contribution in [3.8, 4) is 5.69 Å². The van der Waals surface area contributed by atoms with Gasteiger partial charge in [0.15, 0.2) is 0 Å². The summed E-state index contributed by atoms with van der Waals surface area (Å²) in [4.78, 5) is 17.0. The zero-order chi connectivity index (χ0) is 11.4. The predicted molar refractivity (Wildman–Crippen MR) is 53.1 cm³/mol. The molecule has 0 saturated heterocycles. The number of hydrogen-bond acceptors (Lipinski definition) is 4. The van der Waals surface area contributed by atoms with Crippen molar-refractivity contribution >= 4 is 6.08 Å². The Kier molecular flexibility index (Phi) is 2.84. The van der Waals surface area contributed by atoms with E-state index in [0.29, 0.717) is 11.3 Å². The Morgan fingerprint density at radius 2 is 2.38 bits per heavy atom. The van der Waals surface area contributed by atoms with Gasteiger partial charge in [-0.1, -0.05) is 6.07 Å². The fourth-order valence-electron chi connectivity index (χ4n) is 1.29. The van der Waals surface area contributed by atoms with Crippen LogP contribution in [0.4, 0.5) is 4.39 Å².